The molecule has 0 heterocycles. The van der Waals surface area contributed by atoms with E-state index in [-0.39, 0.29) is 18.5 Å². The monoisotopic (exact) mass is 241 g/mol. The summed E-state index contributed by atoms with van der Waals surface area (Å²) in [6.45, 7) is 1.53. The molecule has 0 bridgehead atoms. The Kier molecular flexibility index (Phi) is 8.42. The summed E-state index contributed by atoms with van der Waals surface area (Å²) in [7, 11) is 3.32. The number of hydrogen-bond acceptors (Lipinski definition) is 4. The van der Waals surface area contributed by atoms with Gasteiger partial charge >= 0.3 is 6.03 Å². The topological polar surface area (TPSA) is 97.3 Å². The number of nitrogens with one attached hydrogen (secondary N) is 3. The van der Waals surface area contributed by atoms with E-state index >= 15 is 0 Å². The van der Waals surface area contributed by atoms with Gasteiger partial charge in [-0.25, -0.2) is 4.79 Å². The smallest absolute Gasteiger partial charge is 0.316 e. The minimum Gasteiger partial charge on any atom is -0.354 e. The molecule has 17 heavy (non-hydrogen) atoms. The first-order valence-corrected chi connectivity index (χ1v) is 5.37. The van der Waals surface area contributed by atoms with E-state index < -0.39 is 0 Å². The Morgan fingerprint density at radius 3 is 2.47 bits per heavy atom. The van der Waals surface area contributed by atoms with Crippen molar-refractivity contribution in [2.75, 3.05) is 40.3 Å². The van der Waals surface area contributed by atoms with Gasteiger partial charge in [-0.3, -0.25) is 4.79 Å². The Labute approximate surface area is 101 Å². The summed E-state index contributed by atoms with van der Waals surface area (Å²) in [5, 5.41) is 16.4. The van der Waals surface area contributed by atoms with Gasteiger partial charge in [0.2, 0.25) is 5.91 Å². The fraction of sp³-hybridized carbons (Fsp3) is 0.700. The van der Waals surface area contributed by atoms with Crippen LogP contribution in [0.5, 0.6) is 0 Å². The van der Waals surface area contributed by atoms with E-state index in [0.29, 0.717) is 26.1 Å². The maximum absolute atomic E-state index is 11.1. The lowest BCUT2D eigenvalue weighted by atomic mass is 10.4. The SMILES string of the molecule is CN(C)C(=O)NCCNCC(=O)NCCC#N. The highest BCUT2D eigenvalue weighted by Gasteiger charge is 2.02. The van der Waals surface area contributed by atoms with Crippen molar-refractivity contribution in [3.63, 3.8) is 0 Å². The molecule has 0 fully saturated rings. The Balaban J connectivity index is 3.37. The Morgan fingerprint density at radius 1 is 1.18 bits per heavy atom. The van der Waals surface area contributed by atoms with Crippen LogP contribution < -0.4 is 16.0 Å². The lowest BCUT2D eigenvalue weighted by Gasteiger charge is -2.12. The molecule has 0 spiro atoms. The van der Waals surface area contributed by atoms with E-state index in [1.165, 1.54) is 4.90 Å². The molecule has 0 aliphatic carbocycles. The number of hydrogen-bond donors (Lipinski definition) is 3. The third-order valence-corrected chi connectivity index (χ3v) is 1.83. The molecule has 3 N–H and O–H groups in total. The molecule has 0 aliphatic rings. The number of urea groups is 1. The van der Waals surface area contributed by atoms with Crippen molar-refractivity contribution >= 4 is 11.9 Å². The van der Waals surface area contributed by atoms with Crippen molar-refractivity contribution in [1.29, 1.82) is 5.26 Å². The number of nitriles is 1. The second-order valence-electron chi connectivity index (χ2n) is 3.56. The van der Waals surface area contributed by atoms with Gasteiger partial charge in [-0.1, -0.05) is 0 Å². The number of nitrogens with zero attached hydrogens (tertiary/aromatic N) is 2. The van der Waals surface area contributed by atoms with Crippen molar-refractivity contribution in [1.82, 2.24) is 20.9 Å². The van der Waals surface area contributed by atoms with Crippen molar-refractivity contribution in [3.8, 4) is 6.07 Å². The first-order chi connectivity index (χ1) is 8.07. The van der Waals surface area contributed by atoms with Crippen LogP contribution >= 0.6 is 0 Å². The first kappa shape index (κ1) is 15.2. The predicted molar refractivity (Wildman–Crippen MR) is 63.2 cm³/mol. The maximum Gasteiger partial charge on any atom is 0.316 e. The summed E-state index contributed by atoms with van der Waals surface area (Å²) in [5.41, 5.74) is 0. The number of carbonyl (C=O) groups excluding carboxylic acids is 2. The first-order valence-electron chi connectivity index (χ1n) is 5.37. The second-order valence-corrected chi connectivity index (χ2v) is 3.56. The van der Waals surface area contributed by atoms with Gasteiger partial charge in [0.25, 0.3) is 0 Å². The van der Waals surface area contributed by atoms with Gasteiger partial charge in [0.05, 0.1) is 19.0 Å². The number of rotatable bonds is 7. The maximum atomic E-state index is 11.1. The molecule has 96 valence electrons. The van der Waals surface area contributed by atoms with Gasteiger partial charge in [-0.2, -0.15) is 5.26 Å². The third kappa shape index (κ3) is 9.14. The zero-order valence-electron chi connectivity index (χ0n) is 10.2. The summed E-state index contributed by atoms with van der Waals surface area (Å²) in [5.74, 6) is -0.154. The number of amides is 3. The zero-order valence-corrected chi connectivity index (χ0v) is 10.2. The van der Waals surface area contributed by atoms with E-state index in [1.54, 1.807) is 14.1 Å². The highest BCUT2D eigenvalue weighted by Crippen LogP contribution is 1.75. The Morgan fingerprint density at radius 2 is 1.88 bits per heavy atom. The van der Waals surface area contributed by atoms with Gasteiger partial charge in [0.1, 0.15) is 0 Å². The van der Waals surface area contributed by atoms with Crippen molar-refractivity contribution in [2.24, 2.45) is 0 Å². The molecule has 3 amide bonds. The van der Waals surface area contributed by atoms with Crippen LogP contribution in [-0.4, -0.2) is 57.1 Å². The normalized spacial score (nSPS) is 9.24. The molecular weight excluding hydrogens is 222 g/mol. The van der Waals surface area contributed by atoms with Crippen molar-refractivity contribution < 1.29 is 9.59 Å². The fourth-order valence-electron chi connectivity index (χ4n) is 0.938. The molecule has 0 unspecified atom stereocenters. The molecule has 0 atom stereocenters. The molecule has 0 aromatic rings. The molecule has 0 aromatic heterocycles. The standard InChI is InChI=1S/C10H19N5O2/c1-15(2)10(17)14-7-6-12-8-9(16)13-5-3-4-11/h12H,3,5-8H2,1-2H3,(H,13,16)(H,14,17). The molecule has 0 saturated carbocycles. The van der Waals surface area contributed by atoms with Crippen LogP contribution in [0.3, 0.4) is 0 Å². The quantitative estimate of drug-likeness (QED) is 0.492. The van der Waals surface area contributed by atoms with Crippen LogP contribution in [0.2, 0.25) is 0 Å². The van der Waals surface area contributed by atoms with Gasteiger partial charge in [-0.05, 0) is 0 Å². The summed E-state index contributed by atoms with van der Waals surface area (Å²) in [6, 6.07) is 1.77. The van der Waals surface area contributed by atoms with E-state index in [0.717, 1.165) is 0 Å². The lowest BCUT2D eigenvalue weighted by Crippen LogP contribution is -2.41. The summed E-state index contributed by atoms with van der Waals surface area (Å²) in [6.07, 6.45) is 0.310. The molecule has 7 nitrogen and oxygen atoms in total. The van der Waals surface area contributed by atoms with Crippen molar-refractivity contribution in [2.45, 2.75) is 6.42 Å². The molecule has 0 saturated heterocycles. The van der Waals surface area contributed by atoms with Gasteiger partial charge in [0, 0.05) is 33.7 Å². The molecule has 0 aromatic carbocycles. The highest BCUT2D eigenvalue weighted by molar-refractivity contribution is 5.78. The average molecular weight is 241 g/mol. The molecule has 0 aliphatic heterocycles. The molecular formula is C10H19N5O2. The third-order valence-electron chi connectivity index (χ3n) is 1.83. The summed E-state index contributed by atoms with van der Waals surface area (Å²) < 4.78 is 0. The van der Waals surface area contributed by atoms with Crippen LogP contribution in [0.4, 0.5) is 4.79 Å². The van der Waals surface area contributed by atoms with Crippen LogP contribution in [0.1, 0.15) is 6.42 Å². The lowest BCUT2D eigenvalue weighted by molar-refractivity contribution is -0.120. The molecule has 0 radical (unpaired) electrons. The molecule has 0 rings (SSSR count). The summed E-state index contributed by atoms with van der Waals surface area (Å²) in [4.78, 5) is 23.7. The van der Waals surface area contributed by atoms with E-state index in [9.17, 15) is 9.59 Å². The van der Waals surface area contributed by atoms with Crippen LogP contribution in [0, 0.1) is 11.3 Å². The van der Waals surface area contributed by atoms with Gasteiger partial charge < -0.3 is 20.9 Å². The minimum atomic E-state index is -0.162. The fourth-order valence-corrected chi connectivity index (χ4v) is 0.938. The van der Waals surface area contributed by atoms with Crippen molar-refractivity contribution in [3.05, 3.63) is 0 Å². The van der Waals surface area contributed by atoms with Crippen LogP contribution in [0.15, 0.2) is 0 Å². The molecule has 7 heteroatoms. The minimum absolute atomic E-state index is 0.154. The van der Waals surface area contributed by atoms with E-state index in [2.05, 4.69) is 16.0 Å². The van der Waals surface area contributed by atoms with Crippen LogP contribution in [-0.2, 0) is 4.79 Å². The zero-order chi connectivity index (χ0) is 13.1. The van der Waals surface area contributed by atoms with E-state index in [4.69, 9.17) is 5.26 Å². The Bertz CT molecular complexity index is 285. The van der Waals surface area contributed by atoms with Gasteiger partial charge in [0.15, 0.2) is 0 Å². The predicted octanol–water partition coefficient (Wildman–Crippen LogP) is -1.12. The van der Waals surface area contributed by atoms with Crippen LogP contribution in [0.25, 0.3) is 0 Å². The van der Waals surface area contributed by atoms with Gasteiger partial charge in [-0.15, -0.1) is 0 Å². The largest absolute Gasteiger partial charge is 0.354 e. The summed E-state index contributed by atoms with van der Waals surface area (Å²) >= 11 is 0. The second kappa shape index (κ2) is 9.42. The Hall–Kier alpha value is -1.81. The number of carbonyl (C=O) groups is 2. The highest BCUT2D eigenvalue weighted by atomic mass is 16.2. The average Bonchev–Trinajstić information content (AvgIpc) is 2.28. The van der Waals surface area contributed by atoms with E-state index in [1.807, 2.05) is 6.07 Å².